The van der Waals surface area contributed by atoms with Gasteiger partial charge in [-0.3, -0.25) is 0 Å². The Morgan fingerprint density at radius 2 is 1.82 bits per heavy atom. The molecule has 1 nitrogen and oxygen atoms in total. The molecule has 1 aliphatic heterocycles. The summed E-state index contributed by atoms with van der Waals surface area (Å²) in [5.41, 5.74) is 2.49. The largest absolute Gasteiger partial charge is 0.363 e. The third-order valence-corrected chi connectivity index (χ3v) is 4.38. The van der Waals surface area contributed by atoms with E-state index in [0.717, 1.165) is 25.7 Å². The summed E-state index contributed by atoms with van der Waals surface area (Å²) in [5, 5.41) is 0. The fourth-order valence-corrected chi connectivity index (χ4v) is 3.27. The number of unbranched alkanes of at least 4 members (excludes halogenated alkanes) is 1. The van der Waals surface area contributed by atoms with E-state index in [-0.39, 0.29) is 11.7 Å². The van der Waals surface area contributed by atoms with Crippen molar-refractivity contribution in [1.82, 2.24) is 0 Å². The Bertz CT molecular complexity index is 502. The molecule has 1 aromatic rings. The number of hydrogen-bond donors (Lipinski definition) is 0. The Hall–Kier alpha value is -1.60. The van der Waals surface area contributed by atoms with Crippen molar-refractivity contribution in [3.8, 4) is 0 Å². The van der Waals surface area contributed by atoms with Gasteiger partial charge in [-0.2, -0.15) is 0 Å². The fourth-order valence-electron chi connectivity index (χ4n) is 3.27. The van der Waals surface area contributed by atoms with Crippen molar-refractivity contribution in [1.29, 1.82) is 0 Å². The Kier molecular flexibility index (Phi) is 6.21. The number of benzene rings is 1. The third-order valence-electron chi connectivity index (χ3n) is 4.38. The van der Waals surface area contributed by atoms with Gasteiger partial charge < -0.3 is 4.74 Å². The van der Waals surface area contributed by atoms with E-state index in [0.29, 0.717) is 0 Å². The molecule has 118 valence electrons. The first kappa shape index (κ1) is 16.8. The molecule has 0 fully saturated rings. The average Bonchev–Trinajstić information content (AvgIpc) is 2.85. The Morgan fingerprint density at radius 1 is 1.14 bits per heavy atom. The van der Waals surface area contributed by atoms with Crippen LogP contribution < -0.4 is 0 Å². The van der Waals surface area contributed by atoms with E-state index in [4.69, 9.17) is 4.74 Å². The maximum Gasteiger partial charge on any atom is 0.0972 e. The van der Waals surface area contributed by atoms with Crippen LogP contribution in [0, 0.1) is 0 Å². The van der Waals surface area contributed by atoms with Crippen molar-refractivity contribution < 1.29 is 4.74 Å². The molecule has 1 heterocycles. The van der Waals surface area contributed by atoms with Crippen LogP contribution in [0.25, 0.3) is 0 Å². The standard InChI is InChI=1S/C21H28O/c1-4-7-13-20-17-19(16-18-11-9-8-10-12-18)21(22-20,14-5-2)15-6-3/h5-6,8-12,17,20H,2-4,7,13-16H2,1H3. The van der Waals surface area contributed by atoms with Gasteiger partial charge >= 0.3 is 0 Å². The molecule has 1 aliphatic rings. The first-order valence-corrected chi connectivity index (χ1v) is 8.39. The third kappa shape index (κ3) is 3.98. The Morgan fingerprint density at radius 3 is 2.41 bits per heavy atom. The Balaban J connectivity index is 2.24. The molecule has 0 amide bonds. The van der Waals surface area contributed by atoms with Crippen LogP contribution in [0.5, 0.6) is 0 Å². The molecule has 1 unspecified atom stereocenters. The lowest BCUT2D eigenvalue weighted by Crippen LogP contribution is -2.32. The molecule has 1 atom stereocenters. The van der Waals surface area contributed by atoms with Crippen molar-refractivity contribution in [3.63, 3.8) is 0 Å². The molecule has 0 bridgehead atoms. The first-order valence-electron chi connectivity index (χ1n) is 8.39. The second-order valence-electron chi connectivity index (χ2n) is 6.13. The van der Waals surface area contributed by atoms with Crippen LogP contribution >= 0.6 is 0 Å². The minimum atomic E-state index is -0.238. The summed E-state index contributed by atoms with van der Waals surface area (Å²) >= 11 is 0. The molecule has 22 heavy (non-hydrogen) atoms. The molecule has 0 aliphatic carbocycles. The summed E-state index contributed by atoms with van der Waals surface area (Å²) in [6.45, 7) is 10.1. The van der Waals surface area contributed by atoms with Crippen LogP contribution in [0.1, 0.15) is 44.6 Å². The van der Waals surface area contributed by atoms with Gasteiger partial charge in [-0.15, -0.1) is 13.2 Å². The Labute approximate surface area is 135 Å². The van der Waals surface area contributed by atoms with Gasteiger partial charge in [-0.25, -0.2) is 0 Å². The summed E-state index contributed by atoms with van der Waals surface area (Å²) in [4.78, 5) is 0. The molecule has 1 heteroatoms. The van der Waals surface area contributed by atoms with Crippen LogP contribution in [0.3, 0.4) is 0 Å². The molecule has 0 radical (unpaired) electrons. The summed E-state index contributed by atoms with van der Waals surface area (Å²) in [5.74, 6) is 0. The minimum Gasteiger partial charge on any atom is -0.363 e. The fraction of sp³-hybridized carbons (Fsp3) is 0.429. The van der Waals surface area contributed by atoms with Crippen LogP contribution in [-0.2, 0) is 11.2 Å². The molecule has 0 saturated heterocycles. The van der Waals surface area contributed by atoms with Gasteiger partial charge in [-0.05, 0) is 36.8 Å². The van der Waals surface area contributed by atoms with Gasteiger partial charge in [0, 0.05) is 0 Å². The summed E-state index contributed by atoms with van der Waals surface area (Å²) in [6, 6.07) is 10.6. The van der Waals surface area contributed by atoms with Crippen molar-refractivity contribution in [2.24, 2.45) is 0 Å². The minimum absolute atomic E-state index is 0.235. The average molecular weight is 296 g/mol. The van der Waals surface area contributed by atoms with Gasteiger partial charge in [0.05, 0.1) is 11.7 Å². The van der Waals surface area contributed by atoms with Crippen LogP contribution in [-0.4, -0.2) is 11.7 Å². The van der Waals surface area contributed by atoms with E-state index >= 15 is 0 Å². The highest BCUT2D eigenvalue weighted by Crippen LogP contribution is 2.40. The SMILES string of the molecule is C=CCC1(CC=C)OC(CCCC)C=C1Cc1ccccc1. The predicted molar refractivity (Wildman–Crippen MR) is 95.0 cm³/mol. The summed E-state index contributed by atoms with van der Waals surface area (Å²) in [6.07, 6.45) is 12.7. The van der Waals surface area contributed by atoms with E-state index in [1.165, 1.54) is 24.0 Å². The van der Waals surface area contributed by atoms with E-state index in [1.54, 1.807) is 0 Å². The number of hydrogen-bond acceptors (Lipinski definition) is 1. The molecule has 0 N–H and O–H groups in total. The number of rotatable bonds is 9. The molecule has 2 rings (SSSR count). The molecule has 1 aromatic carbocycles. The lowest BCUT2D eigenvalue weighted by Gasteiger charge is -2.31. The zero-order valence-electron chi connectivity index (χ0n) is 13.8. The monoisotopic (exact) mass is 296 g/mol. The molecule has 0 saturated carbocycles. The van der Waals surface area contributed by atoms with E-state index in [2.05, 4.69) is 56.5 Å². The van der Waals surface area contributed by atoms with Gasteiger partial charge in [0.25, 0.3) is 0 Å². The van der Waals surface area contributed by atoms with Crippen LogP contribution in [0.4, 0.5) is 0 Å². The quantitative estimate of drug-likeness (QED) is 0.536. The summed E-state index contributed by atoms with van der Waals surface area (Å²) in [7, 11) is 0. The zero-order chi connectivity index (χ0) is 15.8. The second-order valence-corrected chi connectivity index (χ2v) is 6.13. The van der Waals surface area contributed by atoms with Gasteiger partial charge in [0.1, 0.15) is 0 Å². The first-order chi connectivity index (χ1) is 10.7. The molecule has 0 aromatic heterocycles. The summed E-state index contributed by atoms with van der Waals surface area (Å²) < 4.78 is 6.48. The topological polar surface area (TPSA) is 9.23 Å². The zero-order valence-corrected chi connectivity index (χ0v) is 13.8. The van der Waals surface area contributed by atoms with Crippen LogP contribution in [0.2, 0.25) is 0 Å². The van der Waals surface area contributed by atoms with Gasteiger partial charge in [0.2, 0.25) is 0 Å². The van der Waals surface area contributed by atoms with Crippen molar-refractivity contribution in [3.05, 3.63) is 72.9 Å². The van der Waals surface area contributed by atoms with E-state index in [1.807, 2.05) is 12.2 Å². The van der Waals surface area contributed by atoms with E-state index < -0.39 is 0 Å². The highest BCUT2D eigenvalue weighted by molar-refractivity contribution is 5.33. The van der Waals surface area contributed by atoms with Crippen molar-refractivity contribution >= 4 is 0 Å². The van der Waals surface area contributed by atoms with Crippen LogP contribution in [0.15, 0.2) is 67.3 Å². The van der Waals surface area contributed by atoms with Crippen molar-refractivity contribution in [2.45, 2.75) is 57.2 Å². The maximum atomic E-state index is 6.48. The molecular weight excluding hydrogens is 268 g/mol. The second kappa shape index (κ2) is 8.14. The molecular formula is C21H28O. The normalized spacial score (nSPS) is 19.7. The smallest absolute Gasteiger partial charge is 0.0972 e. The lowest BCUT2D eigenvalue weighted by molar-refractivity contribution is -0.0299. The maximum absolute atomic E-state index is 6.48. The highest BCUT2D eigenvalue weighted by atomic mass is 16.5. The van der Waals surface area contributed by atoms with Crippen molar-refractivity contribution in [2.75, 3.05) is 0 Å². The van der Waals surface area contributed by atoms with E-state index in [9.17, 15) is 0 Å². The highest BCUT2D eigenvalue weighted by Gasteiger charge is 2.40. The lowest BCUT2D eigenvalue weighted by atomic mass is 9.84. The van der Waals surface area contributed by atoms with Gasteiger partial charge in [0.15, 0.2) is 0 Å². The predicted octanol–water partition coefficient (Wildman–Crippen LogP) is 5.64. The number of ether oxygens (including phenoxy) is 1. The molecule has 0 spiro atoms. The van der Waals surface area contributed by atoms with Gasteiger partial charge in [-0.1, -0.05) is 68.3 Å².